The topological polar surface area (TPSA) is 92.4 Å². The van der Waals surface area contributed by atoms with Gasteiger partial charge in [-0.05, 0) is 19.8 Å². The van der Waals surface area contributed by atoms with Crippen LogP contribution in [0.2, 0.25) is 0 Å². The average Bonchev–Trinajstić information content (AvgIpc) is 2.71. The summed E-state index contributed by atoms with van der Waals surface area (Å²) in [5.74, 6) is 0.0118. The smallest absolute Gasteiger partial charge is 0.310 e. The second kappa shape index (κ2) is 6.74. The third-order valence-corrected chi connectivity index (χ3v) is 4.12. The van der Waals surface area contributed by atoms with Crippen LogP contribution in [0.25, 0.3) is 0 Å². The van der Waals surface area contributed by atoms with Crippen LogP contribution in [-0.4, -0.2) is 22.0 Å². The molecule has 1 amide bonds. The first-order valence-electron chi connectivity index (χ1n) is 7.43. The normalized spacial score (nSPS) is 18.0. The molecule has 21 heavy (non-hydrogen) atoms. The SMILES string of the molecule is Cc1cnc(CNC(=O)CC2(C(=O)O)CCCCCC2)o1. The Labute approximate surface area is 123 Å². The van der Waals surface area contributed by atoms with E-state index in [0.29, 0.717) is 24.5 Å². The molecule has 0 spiro atoms. The van der Waals surface area contributed by atoms with Crippen LogP contribution >= 0.6 is 0 Å². The number of aryl methyl sites for hydroxylation is 1. The molecule has 1 aromatic heterocycles. The maximum absolute atomic E-state index is 12.1. The summed E-state index contributed by atoms with van der Waals surface area (Å²) in [6.45, 7) is 1.98. The van der Waals surface area contributed by atoms with Crippen LogP contribution in [0.5, 0.6) is 0 Å². The van der Waals surface area contributed by atoms with E-state index in [1.807, 2.05) is 0 Å². The van der Waals surface area contributed by atoms with Crippen molar-refractivity contribution >= 4 is 11.9 Å². The zero-order valence-corrected chi connectivity index (χ0v) is 12.4. The number of rotatable bonds is 5. The Balaban J connectivity index is 1.93. The number of carboxylic acids is 1. The van der Waals surface area contributed by atoms with Gasteiger partial charge in [0.05, 0.1) is 18.2 Å². The Morgan fingerprint density at radius 1 is 1.33 bits per heavy atom. The van der Waals surface area contributed by atoms with Gasteiger partial charge in [-0.1, -0.05) is 25.7 Å². The first-order valence-corrected chi connectivity index (χ1v) is 7.43. The van der Waals surface area contributed by atoms with Crippen LogP contribution in [0.1, 0.15) is 56.6 Å². The molecule has 1 fully saturated rings. The van der Waals surface area contributed by atoms with E-state index in [1.54, 1.807) is 13.1 Å². The number of hydrogen-bond acceptors (Lipinski definition) is 4. The molecule has 0 radical (unpaired) electrons. The van der Waals surface area contributed by atoms with Crippen molar-refractivity contribution in [2.75, 3.05) is 0 Å². The molecule has 1 aromatic rings. The lowest BCUT2D eigenvalue weighted by molar-refractivity contribution is -0.152. The number of hydrogen-bond donors (Lipinski definition) is 2. The quantitative estimate of drug-likeness (QED) is 0.813. The Morgan fingerprint density at radius 2 is 2.00 bits per heavy atom. The van der Waals surface area contributed by atoms with E-state index in [0.717, 1.165) is 25.7 Å². The van der Waals surface area contributed by atoms with Gasteiger partial charge < -0.3 is 14.8 Å². The van der Waals surface area contributed by atoms with Gasteiger partial charge in [-0.3, -0.25) is 9.59 Å². The van der Waals surface area contributed by atoms with Gasteiger partial charge in [0.25, 0.3) is 0 Å². The standard InChI is InChI=1S/C15H22N2O4/c1-11-9-17-13(21-11)10-16-12(18)8-15(14(19)20)6-4-2-3-5-7-15/h9H,2-8,10H2,1H3,(H,16,18)(H,19,20). The number of nitrogens with zero attached hydrogens (tertiary/aromatic N) is 1. The van der Waals surface area contributed by atoms with Crippen LogP contribution in [0, 0.1) is 12.3 Å². The predicted molar refractivity (Wildman–Crippen MR) is 75.5 cm³/mol. The minimum Gasteiger partial charge on any atom is -0.481 e. The van der Waals surface area contributed by atoms with Gasteiger partial charge in [0.15, 0.2) is 0 Å². The van der Waals surface area contributed by atoms with Crippen LogP contribution in [-0.2, 0) is 16.1 Å². The van der Waals surface area contributed by atoms with Crippen LogP contribution in [0.15, 0.2) is 10.6 Å². The number of nitrogens with one attached hydrogen (secondary N) is 1. The van der Waals surface area contributed by atoms with Gasteiger partial charge in [-0.25, -0.2) is 4.98 Å². The fourth-order valence-corrected chi connectivity index (χ4v) is 2.90. The summed E-state index contributed by atoms with van der Waals surface area (Å²) < 4.78 is 5.27. The van der Waals surface area contributed by atoms with Crippen molar-refractivity contribution in [1.29, 1.82) is 0 Å². The highest BCUT2D eigenvalue weighted by atomic mass is 16.4. The van der Waals surface area contributed by atoms with Crippen molar-refractivity contribution < 1.29 is 19.1 Å². The van der Waals surface area contributed by atoms with Crippen molar-refractivity contribution in [3.05, 3.63) is 17.8 Å². The molecule has 1 aliphatic carbocycles. The van der Waals surface area contributed by atoms with Gasteiger partial charge in [0, 0.05) is 6.42 Å². The first kappa shape index (κ1) is 15.5. The molecule has 1 saturated carbocycles. The first-order chi connectivity index (χ1) is 10.0. The highest BCUT2D eigenvalue weighted by Gasteiger charge is 2.40. The maximum Gasteiger partial charge on any atom is 0.310 e. The van der Waals surface area contributed by atoms with Gasteiger partial charge in [-0.15, -0.1) is 0 Å². The lowest BCUT2D eigenvalue weighted by Gasteiger charge is -2.27. The number of aromatic nitrogens is 1. The number of amides is 1. The summed E-state index contributed by atoms with van der Waals surface area (Å²) in [4.78, 5) is 27.7. The number of carbonyl (C=O) groups excluding carboxylic acids is 1. The Kier molecular flexibility index (Phi) is 4.98. The minimum atomic E-state index is -0.910. The summed E-state index contributed by atoms with van der Waals surface area (Å²) in [6.07, 6.45) is 6.62. The number of aliphatic carboxylic acids is 1. The number of carbonyl (C=O) groups is 2. The van der Waals surface area contributed by atoms with Crippen LogP contribution < -0.4 is 5.32 Å². The second-order valence-corrected chi connectivity index (χ2v) is 5.82. The predicted octanol–water partition coefficient (Wildman–Crippen LogP) is 2.41. The molecular formula is C15H22N2O4. The van der Waals surface area contributed by atoms with Crippen molar-refractivity contribution in [2.45, 2.75) is 58.4 Å². The zero-order chi connectivity index (χ0) is 15.3. The summed E-state index contributed by atoms with van der Waals surface area (Å²) >= 11 is 0. The fourth-order valence-electron chi connectivity index (χ4n) is 2.90. The van der Waals surface area contributed by atoms with Gasteiger partial charge in [-0.2, -0.15) is 0 Å². The zero-order valence-electron chi connectivity index (χ0n) is 12.4. The number of oxazole rings is 1. The molecule has 0 aromatic carbocycles. The summed E-state index contributed by atoms with van der Waals surface area (Å²) in [5, 5.41) is 12.2. The maximum atomic E-state index is 12.1. The lowest BCUT2D eigenvalue weighted by atomic mass is 9.77. The van der Waals surface area contributed by atoms with Gasteiger partial charge in [0.1, 0.15) is 5.76 Å². The summed E-state index contributed by atoms with van der Waals surface area (Å²) in [7, 11) is 0. The van der Waals surface area contributed by atoms with E-state index in [2.05, 4.69) is 10.3 Å². The Bertz CT molecular complexity index is 502. The van der Waals surface area contributed by atoms with E-state index in [9.17, 15) is 14.7 Å². The largest absolute Gasteiger partial charge is 0.481 e. The second-order valence-electron chi connectivity index (χ2n) is 5.82. The van der Waals surface area contributed by atoms with E-state index >= 15 is 0 Å². The van der Waals surface area contributed by atoms with Crippen molar-refractivity contribution in [1.82, 2.24) is 10.3 Å². The molecule has 6 heteroatoms. The van der Waals surface area contributed by atoms with E-state index in [-0.39, 0.29) is 18.9 Å². The van der Waals surface area contributed by atoms with Crippen molar-refractivity contribution in [2.24, 2.45) is 5.41 Å². The van der Waals surface area contributed by atoms with Crippen LogP contribution in [0.4, 0.5) is 0 Å². The third kappa shape index (κ3) is 4.06. The molecule has 0 bridgehead atoms. The monoisotopic (exact) mass is 294 g/mol. The molecular weight excluding hydrogens is 272 g/mol. The molecule has 2 N–H and O–H groups in total. The molecule has 1 heterocycles. The highest BCUT2D eigenvalue weighted by molar-refractivity contribution is 5.84. The molecule has 116 valence electrons. The van der Waals surface area contributed by atoms with E-state index in [1.165, 1.54) is 0 Å². The highest BCUT2D eigenvalue weighted by Crippen LogP contribution is 2.38. The average molecular weight is 294 g/mol. The summed E-state index contributed by atoms with van der Waals surface area (Å²) in [5.41, 5.74) is -0.910. The third-order valence-electron chi connectivity index (χ3n) is 4.12. The van der Waals surface area contributed by atoms with Crippen molar-refractivity contribution in [3.8, 4) is 0 Å². The summed E-state index contributed by atoms with van der Waals surface area (Å²) in [6, 6.07) is 0. The molecule has 1 aliphatic rings. The number of carboxylic acid groups (broad SMARTS) is 1. The van der Waals surface area contributed by atoms with Gasteiger partial charge >= 0.3 is 5.97 Å². The molecule has 2 rings (SSSR count). The van der Waals surface area contributed by atoms with Crippen molar-refractivity contribution in [3.63, 3.8) is 0 Å². The minimum absolute atomic E-state index is 0.0298. The molecule has 0 unspecified atom stereocenters. The molecule has 0 aliphatic heterocycles. The molecule has 0 saturated heterocycles. The van der Waals surface area contributed by atoms with Gasteiger partial charge in [0.2, 0.25) is 11.8 Å². The fraction of sp³-hybridized carbons (Fsp3) is 0.667. The Morgan fingerprint density at radius 3 is 2.52 bits per heavy atom. The molecule has 0 atom stereocenters. The Hall–Kier alpha value is -1.85. The van der Waals surface area contributed by atoms with E-state index < -0.39 is 11.4 Å². The van der Waals surface area contributed by atoms with E-state index in [4.69, 9.17) is 4.42 Å². The molecule has 6 nitrogen and oxygen atoms in total. The van der Waals surface area contributed by atoms with Crippen LogP contribution in [0.3, 0.4) is 0 Å². The lowest BCUT2D eigenvalue weighted by Crippen LogP contribution is -2.37.